The first-order valence-corrected chi connectivity index (χ1v) is 5.79. The lowest BCUT2D eigenvalue weighted by Gasteiger charge is -2.26. The molecule has 3 heteroatoms. The summed E-state index contributed by atoms with van der Waals surface area (Å²) in [5.74, 6) is -1.24. The molecular formula is C12H16O3. The molecule has 0 bridgehead atoms. The molecule has 2 rings (SSSR count). The number of ketones is 3. The topological polar surface area (TPSA) is 51.2 Å². The van der Waals surface area contributed by atoms with Crippen molar-refractivity contribution in [2.45, 2.75) is 44.9 Å². The highest BCUT2D eigenvalue weighted by Gasteiger charge is 2.39. The molecule has 0 spiro atoms. The van der Waals surface area contributed by atoms with Gasteiger partial charge in [0.25, 0.3) is 0 Å². The molecule has 0 amide bonds. The molecule has 82 valence electrons. The Morgan fingerprint density at radius 2 is 1.47 bits per heavy atom. The number of carbonyl (C=O) groups excluding carboxylic acids is 3. The van der Waals surface area contributed by atoms with Gasteiger partial charge in [-0.05, 0) is 25.7 Å². The quantitative estimate of drug-likeness (QED) is 0.512. The van der Waals surface area contributed by atoms with Crippen LogP contribution < -0.4 is 0 Å². The minimum absolute atomic E-state index is 0.000926. The fourth-order valence-electron chi connectivity index (χ4n) is 2.31. The molecular weight excluding hydrogens is 192 g/mol. The van der Waals surface area contributed by atoms with E-state index in [9.17, 15) is 14.4 Å². The summed E-state index contributed by atoms with van der Waals surface area (Å²) in [5.41, 5.74) is 0. The second-order valence-electron chi connectivity index (χ2n) is 4.60. The van der Waals surface area contributed by atoms with Gasteiger partial charge in [0.15, 0.2) is 17.3 Å². The van der Waals surface area contributed by atoms with Crippen molar-refractivity contribution in [1.29, 1.82) is 0 Å². The SMILES string of the molecule is O=C1CCCCC(=O)C1C(=O)C1CCC1. The van der Waals surface area contributed by atoms with Gasteiger partial charge in [0.1, 0.15) is 5.92 Å². The largest absolute Gasteiger partial charge is 0.298 e. The molecule has 0 aromatic heterocycles. The second-order valence-corrected chi connectivity index (χ2v) is 4.60. The molecule has 3 nitrogen and oxygen atoms in total. The standard InChI is InChI=1S/C12H16O3/c13-9-6-1-2-7-10(14)11(9)12(15)8-4-3-5-8/h8,11H,1-7H2. The summed E-state index contributed by atoms with van der Waals surface area (Å²) in [6, 6.07) is 0. The van der Waals surface area contributed by atoms with E-state index in [4.69, 9.17) is 0 Å². The van der Waals surface area contributed by atoms with Crippen molar-refractivity contribution in [3.8, 4) is 0 Å². The third-order valence-electron chi connectivity index (χ3n) is 3.53. The Hall–Kier alpha value is -0.990. The maximum atomic E-state index is 11.9. The average Bonchev–Trinajstić information content (AvgIpc) is 2.24. The van der Waals surface area contributed by atoms with Crippen molar-refractivity contribution < 1.29 is 14.4 Å². The van der Waals surface area contributed by atoms with Crippen LogP contribution in [0.4, 0.5) is 0 Å². The minimum Gasteiger partial charge on any atom is -0.298 e. The molecule has 2 fully saturated rings. The van der Waals surface area contributed by atoms with Gasteiger partial charge >= 0.3 is 0 Å². The fourth-order valence-corrected chi connectivity index (χ4v) is 2.31. The molecule has 0 heterocycles. The first-order chi connectivity index (χ1) is 7.20. The highest BCUT2D eigenvalue weighted by molar-refractivity contribution is 6.20. The van der Waals surface area contributed by atoms with Gasteiger partial charge < -0.3 is 0 Å². The molecule has 0 aliphatic heterocycles. The molecule has 0 radical (unpaired) electrons. The van der Waals surface area contributed by atoms with Gasteiger partial charge in [-0.1, -0.05) is 6.42 Å². The Bertz CT molecular complexity index is 284. The van der Waals surface area contributed by atoms with Crippen LogP contribution in [0.1, 0.15) is 44.9 Å². The van der Waals surface area contributed by atoms with Gasteiger partial charge in [-0.25, -0.2) is 0 Å². The van der Waals surface area contributed by atoms with Crippen LogP contribution in [0.3, 0.4) is 0 Å². The summed E-state index contributed by atoms with van der Waals surface area (Å²) in [5, 5.41) is 0. The highest BCUT2D eigenvalue weighted by atomic mass is 16.2. The predicted molar refractivity (Wildman–Crippen MR) is 54.3 cm³/mol. The summed E-state index contributed by atoms with van der Waals surface area (Å²) >= 11 is 0. The summed E-state index contributed by atoms with van der Waals surface area (Å²) in [6.45, 7) is 0. The molecule has 2 aliphatic carbocycles. The van der Waals surface area contributed by atoms with E-state index >= 15 is 0 Å². The molecule has 2 saturated carbocycles. The Balaban J connectivity index is 2.11. The zero-order valence-corrected chi connectivity index (χ0v) is 8.83. The second kappa shape index (κ2) is 4.25. The van der Waals surface area contributed by atoms with Crippen LogP contribution in [-0.2, 0) is 14.4 Å². The van der Waals surface area contributed by atoms with Crippen LogP contribution in [0.15, 0.2) is 0 Å². The van der Waals surface area contributed by atoms with E-state index in [0.29, 0.717) is 12.8 Å². The van der Waals surface area contributed by atoms with E-state index in [-0.39, 0.29) is 23.3 Å². The third kappa shape index (κ3) is 2.01. The molecule has 0 aromatic carbocycles. The minimum atomic E-state index is -0.891. The molecule has 0 N–H and O–H groups in total. The van der Waals surface area contributed by atoms with Crippen molar-refractivity contribution in [2.24, 2.45) is 11.8 Å². The molecule has 15 heavy (non-hydrogen) atoms. The van der Waals surface area contributed by atoms with Crippen molar-refractivity contribution in [2.75, 3.05) is 0 Å². The van der Waals surface area contributed by atoms with E-state index in [1.807, 2.05) is 0 Å². The lowest BCUT2D eigenvalue weighted by molar-refractivity contribution is -0.142. The van der Waals surface area contributed by atoms with Gasteiger partial charge in [0.2, 0.25) is 0 Å². The van der Waals surface area contributed by atoms with Crippen molar-refractivity contribution in [1.82, 2.24) is 0 Å². The van der Waals surface area contributed by atoms with E-state index < -0.39 is 5.92 Å². The van der Waals surface area contributed by atoms with Crippen molar-refractivity contribution >= 4 is 17.3 Å². The van der Waals surface area contributed by atoms with E-state index in [0.717, 1.165) is 32.1 Å². The number of carbonyl (C=O) groups is 3. The van der Waals surface area contributed by atoms with Crippen LogP contribution in [0, 0.1) is 11.8 Å². The molecule has 0 saturated heterocycles. The van der Waals surface area contributed by atoms with Crippen molar-refractivity contribution in [3.63, 3.8) is 0 Å². The molecule has 0 atom stereocenters. The number of Topliss-reactive ketones (excluding diaryl/α,β-unsaturated/α-hetero) is 3. The Labute approximate surface area is 89.2 Å². The Morgan fingerprint density at radius 3 is 1.87 bits per heavy atom. The van der Waals surface area contributed by atoms with Crippen molar-refractivity contribution in [3.05, 3.63) is 0 Å². The monoisotopic (exact) mass is 208 g/mol. The van der Waals surface area contributed by atoms with Gasteiger partial charge in [-0.15, -0.1) is 0 Å². The molecule has 0 unspecified atom stereocenters. The number of hydrogen-bond donors (Lipinski definition) is 0. The summed E-state index contributed by atoms with van der Waals surface area (Å²) < 4.78 is 0. The molecule has 0 aromatic rings. The highest BCUT2D eigenvalue weighted by Crippen LogP contribution is 2.31. The van der Waals surface area contributed by atoms with E-state index in [1.165, 1.54) is 0 Å². The van der Waals surface area contributed by atoms with Gasteiger partial charge in [-0.3, -0.25) is 14.4 Å². The zero-order chi connectivity index (χ0) is 10.8. The Morgan fingerprint density at radius 1 is 0.933 bits per heavy atom. The summed E-state index contributed by atoms with van der Waals surface area (Å²) in [4.78, 5) is 35.3. The van der Waals surface area contributed by atoms with Gasteiger partial charge in [0, 0.05) is 18.8 Å². The Kier molecular flexibility index (Phi) is 2.98. The predicted octanol–water partition coefficient (Wildman–Crippen LogP) is 1.68. The maximum absolute atomic E-state index is 11.9. The van der Waals surface area contributed by atoms with Gasteiger partial charge in [-0.2, -0.15) is 0 Å². The normalized spacial score (nSPS) is 24.8. The zero-order valence-electron chi connectivity index (χ0n) is 8.83. The first kappa shape index (κ1) is 10.5. The van der Waals surface area contributed by atoms with Crippen LogP contribution in [0.25, 0.3) is 0 Å². The van der Waals surface area contributed by atoms with E-state index in [2.05, 4.69) is 0 Å². The fraction of sp³-hybridized carbons (Fsp3) is 0.750. The summed E-state index contributed by atoms with van der Waals surface area (Å²) in [6.07, 6.45) is 5.15. The van der Waals surface area contributed by atoms with Gasteiger partial charge in [0.05, 0.1) is 0 Å². The third-order valence-corrected chi connectivity index (χ3v) is 3.53. The molecule has 2 aliphatic rings. The lowest BCUT2D eigenvalue weighted by atomic mass is 9.75. The number of rotatable bonds is 2. The van der Waals surface area contributed by atoms with E-state index in [1.54, 1.807) is 0 Å². The van der Waals surface area contributed by atoms with Crippen LogP contribution in [0.5, 0.6) is 0 Å². The summed E-state index contributed by atoms with van der Waals surface area (Å²) in [7, 11) is 0. The van der Waals surface area contributed by atoms with Crippen LogP contribution >= 0.6 is 0 Å². The van der Waals surface area contributed by atoms with Crippen LogP contribution in [-0.4, -0.2) is 17.3 Å². The maximum Gasteiger partial charge on any atom is 0.153 e. The smallest absolute Gasteiger partial charge is 0.153 e. The number of hydrogen-bond acceptors (Lipinski definition) is 3. The first-order valence-electron chi connectivity index (χ1n) is 5.79. The van der Waals surface area contributed by atoms with Crippen LogP contribution in [0.2, 0.25) is 0 Å². The lowest BCUT2D eigenvalue weighted by Crippen LogP contribution is -2.37. The average molecular weight is 208 g/mol.